The Morgan fingerprint density at radius 2 is 1.59 bits per heavy atom. The maximum atomic E-state index is 13.7. The Morgan fingerprint density at radius 3 is 2.16 bits per heavy atom. The number of hydrogen-bond donors (Lipinski definition) is 4. The van der Waals surface area contributed by atoms with Crippen molar-refractivity contribution >= 4 is 36.2 Å². The number of H-pyrrole nitrogens is 1. The quantitative estimate of drug-likeness (QED) is 0.231. The van der Waals surface area contributed by atoms with Crippen molar-refractivity contribution in [1.82, 2.24) is 31.3 Å². The number of carbonyl (C=O) groups is 3. The highest BCUT2D eigenvalue weighted by Crippen LogP contribution is 2.36. The van der Waals surface area contributed by atoms with E-state index in [-0.39, 0.29) is 30.1 Å². The first-order valence-electron chi connectivity index (χ1n) is 16.9. The second-order valence-electron chi connectivity index (χ2n) is 15.0. The van der Waals surface area contributed by atoms with Gasteiger partial charge < -0.3 is 30.0 Å². The molecule has 2 aromatic carbocycles. The molecular formula is C35H48BN7O6. The standard InChI is InChI=1S/C35H48BN7O6/c1-33(2,3)47-32(46)37-21-23-8-12-25(13-9-23)30(44)39-28(31(45)38-27-18-14-24(15-19-27)29-40-42-43-41-29)20-22-10-16-26(17-11-22)36-48-34(4,5)35(6,7)49-36/h10-11,14-19,23,25,28H,8-9,12-13,20-21H2,1-7H3,(H,37,46)(H,38,45)(H,39,44)(H,40,41,42,43). The van der Waals surface area contributed by atoms with Gasteiger partial charge in [-0.2, -0.15) is 5.21 Å². The molecule has 49 heavy (non-hydrogen) atoms. The third-order valence-corrected chi connectivity index (χ3v) is 9.49. The lowest BCUT2D eigenvalue weighted by Crippen LogP contribution is -2.48. The summed E-state index contributed by atoms with van der Waals surface area (Å²) in [6, 6.07) is 14.0. The molecule has 0 spiro atoms. The molecule has 1 unspecified atom stereocenters. The van der Waals surface area contributed by atoms with E-state index in [9.17, 15) is 14.4 Å². The Balaban J connectivity index is 1.23. The second kappa shape index (κ2) is 14.7. The molecule has 2 fully saturated rings. The minimum Gasteiger partial charge on any atom is -0.444 e. The second-order valence-corrected chi connectivity index (χ2v) is 15.0. The number of alkyl carbamates (subject to hydrolysis) is 1. The van der Waals surface area contributed by atoms with E-state index in [1.807, 2.05) is 72.7 Å². The van der Waals surface area contributed by atoms with Gasteiger partial charge in [-0.25, -0.2) is 4.79 Å². The van der Waals surface area contributed by atoms with E-state index >= 15 is 0 Å². The highest BCUT2D eigenvalue weighted by atomic mass is 16.7. The molecule has 2 aliphatic rings. The number of hydrogen-bond acceptors (Lipinski definition) is 9. The van der Waals surface area contributed by atoms with E-state index < -0.39 is 36.1 Å². The van der Waals surface area contributed by atoms with Crippen LogP contribution in [0.25, 0.3) is 11.4 Å². The minimum absolute atomic E-state index is 0.153. The first-order valence-corrected chi connectivity index (χ1v) is 16.9. The molecule has 1 saturated carbocycles. The zero-order chi connectivity index (χ0) is 35.4. The lowest BCUT2D eigenvalue weighted by Gasteiger charge is -2.32. The first-order chi connectivity index (χ1) is 23.1. The Hall–Kier alpha value is -4.30. The molecule has 5 rings (SSSR count). The zero-order valence-electron chi connectivity index (χ0n) is 29.5. The largest absolute Gasteiger partial charge is 0.494 e. The number of anilines is 1. The Kier molecular flexibility index (Phi) is 10.8. The van der Waals surface area contributed by atoms with Gasteiger partial charge in [0.2, 0.25) is 17.6 Å². The summed E-state index contributed by atoms with van der Waals surface area (Å²) in [6.45, 7) is 14.0. The van der Waals surface area contributed by atoms with Crippen molar-refractivity contribution in [2.75, 3.05) is 11.9 Å². The lowest BCUT2D eigenvalue weighted by atomic mass is 9.78. The Labute approximate surface area is 288 Å². The van der Waals surface area contributed by atoms with Crippen molar-refractivity contribution in [3.63, 3.8) is 0 Å². The fraction of sp³-hybridized carbons (Fsp3) is 0.543. The van der Waals surface area contributed by atoms with Gasteiger partial charge >= 0.3 is 13.2 Å². The van der Waals surface area contributed by atoms with Gasteiger partial charge in [-0.05, 0) is 121 Å². The average molecular weight is 674 g/mol. The van der Waals surface area contributed by atoms with Gasteiger partial charge in [0.15, 0.2) is 0 Å². The van der Waals surface area contributed by atoms with Crippen LogP contribution >= 0.6 is 0 Å². The number of nitrogens with one attached hydrogen (secondary N) is 4. The maximum Gasteiger partial charge on any atom is 0.494 e. The van der Waals surface area contributed by atoms with Crippen LogP contribution in [0, 0.1) is 11.8 Å². The Morgan fingerprint density at radius 1 is 0.959 bits per heavy atom. The van der Waals surface area contributed by atoms with Gasteiger partial charge in [0.25, 0.3) is 0 Å². The van der Waals surface area contributed by atoms with Crippen molar-refractivity contribution in [3.8, 4) is 11.4 Å². The summed E-state index contributed by atoms with van der Waals surface area (Å²) < 4.78 is 17.7. The van der Waals surface area contributed by atoms with Crippen molar-refractivity contribution in [1.29, 1.82) is 0 Å². The summed E-state index contributed by atoms with van der Waals surface area (Å²) in [5.74, 6) is -0.00470. The van der Waals surface area contributed by atoms with E-state index in [4.69, 9.17) is 14.0 Å². The fourth-order valence-corrected chi connectivity index (χ4v) is 5.91. The number of carbonyl (C=O) groups excluding carboxylic acids is 3. The zero-order valence-corrected chi connectivity index (χ0v) is 29.5. The predicted molar refractivity (Wildman–Crippen MR) is 186 cm³/mol. The molecule has 1 atom stereocenters. The highest BCUT2D eigenvalue weighted by molar-refractivity contribution is 6.62. The molecule has 262 valence electrons. The molecule has 1 aliphatic heterocycles. The van der Waals surface area contributed by atoms with Crippen molar-refractivity contribution < 1.29 is 28.4 Å². The number of benzene rings is 2. The smallest absolute Gasteiger partial charge is 0.444 e. The number of aromatic amines is 1. The summed E-state index contributed by atoms with van der Waals surface area (Å²) in [5, 5.41) is 22.8. The van der Waals surface area contributed by atoms with Crippen LogP contribution < -0.4 is 21.4 Å². The van der Waals surface area contributed by atoms with Crippen LogP contribution in [0.4, 0.5) is 10.5 Å². The van der Waals surface area contributed by atoms with Crippen LogP contribution in [0.1, 0.15) is 79.7 Å². The number of amides is 3. The summed E-state index contributed by atoms with van der Waals surface area (Å²) in [6.07, 6.45) is 2.77. The molecule has 1 aromatic heterocycles. The normalized spacial score (nSPS) is 20.7. The molecule has 2 heterocycles. The van der Waals surface area contributed by atoms with E-state index in [0.717, 1.165) is 29.4 Å². The topological polar surface area (TPSA) is 169 Å². The maximum absolute atomic E-state index is 13.7. The molecule has 4 N–H and O–H groups in total. The lowest BCUT2D eigenvalue weighted by molar-refractivity contribution is -0.130. The van der Waals surface area contributed by atoms with Crippen LogP contribution in [0.3, 0.4) is 0 Å². The molecule has 13 nitrogen and oxygen atoms in total. The van der Waals surface area contributed by atoms with E-state index in [2.05, 4.69) is 36.6 Å². The van der Waals surface area contributed by atoms with Gasteiger partial charge in [-0.1, -0.05) is 24.3 Å². The van der Waals surface area contributed by atoms with Crippen LogP contribution in [0.5, 0.6) is 0 Å². The summed E-state index contributed by atoms with van der Waals surface area (Å²) in [7, 11) is -0.497. The van der Waals surface area contributed by atoms with E-state index in [0.29, 0.717) is 30.9 Å². The fourth-order valence-electron chi connectivity index (χ4n) is 5.91. The SMILES string of the molecule is CC(C)(C)OC(=O)NCC1CCC(C(=O)NC(Cc2ccc(B3OC(C)(C)C(C)(C)O3)cc2)C(=O)Nc2ccc(-c3nn[nH]n3)cc2)CC1. The molecule has 0 radical (unpaired) electrons. The molecule has 14 heteroatoms. The van der Waals surface area contributed by atoms with E-state index in [1.165, 1.54) is 0 Å². The number of nitrogens with zero attached hydrogens (tertiary/aromatic N) is 3. The average Bonchev–Trinajstić information content (AvgIpc) is 3.65. The van der Waals surface area contributed by atoms with Gasteiger partial charge in [-0.15, -0.1) is 10.2 Å². The van der Waals surface area contributed by atoms with Crippen LogP contribution in [-0.4, -0.2) is 75.0 Å². The number of ether oxygens (including phenoxy) is 1. The van der Waals surface area contributed by atoms with E-state index in [1.54, 1.807) is 24.3 Å². The number of tetrazole rings is 1. The molecule has 3 aromatic rings. The number of aromatic nitrogens is 4. The minimum atomic E-state index is -0.821. The van der Waals surface area contributed by atoms with Gasteiger partial charge in [0, 0.05) is 30.1 Å². The predicted octanol–water partition coefficient (Wildman–Crippen LogP) is 4.16. The van der Waals surface area contributed by atoms with Crippen molar-refractivity contribution in [3.05, 3.63) is 54.1 Å². The van der Waals surface area contributed by atoms with Gasteiger partial charge in [0.05, 0.1) is 11.2 Å². The summed E-state index contributed by atoms with van der Waals surface area (Å²) in [4.78, 5) is 39.4. The molecular weight excluding hydrogens is 625 g/mol. The van der Waals surface area contributed by atoms with Crippen LogP contribution in [0.15, 0.2) is 48.5 Å². The highest BCUT2D eigenvalue weighted by Gasteiger charge is 2.51. The first kappa shape index (κ1) is 36.0. The van der Waals surface area contributed by atoms with Crippen molar-refractivity contribution in [2.24, 2.45) is 11.8 Å². The monoisotopic (exact) mass is 673 g/mol. The molecule has 0 bridgehead atoms. The third kappa shape index (κ3) is 9.45. The van der Waals surface area contributed by atoms with Crippen LogP contribution in [0.2, 0.25) is 0 Å². The Bertz CT molecular complexity index is 1570. The molecule has 1 aliphatic carbocycles. The molecule has 3 amide bonds. The molecule has 1 saturated heterocycles. The van der Waals surface area contributed by atoms with Gasteiger partial charge in [-0.3, -0.25) is 9.59 Å². The van der Waals surface area contributed by atoms with Crippen LogP contribution in [-0.2, 0) is 30.1 Å². The van der Waals surface area contributed by atoms with Gasteiger partial charge in [0.1, 0.15) is 11.6 Å². The van der Waals surface area contributed by atoms with Crippen molar-refractivity contribution in [2.45, 2.75) is 103 Å². The summed E-state index contributed by atoms with van der Waals surface area (Å²) in [5.41, 5.74) is 1.61. The number of rotatable bonds is 10. The third-order valence-electron chi connectivity index (χ3n) is 9.49. The summed E-state index contributed by atoms with van der Waals surface area (Å²) >= 11 is 0.